The van der Waals surface area contributed by atoms with Gasteiger partial charge >= 0.3 is 0 Å². The van der Waals surface area contributed by atoms with Crippen LogP contribution >= 0.6 is 0 Å². The van der Waals surface area contributed by atoms with Crippen molar-refractivity contribution in [2.24, 2.45) is 4.99 Å². The molecule has 0 aromatic heterocycles. The van der Waals surface area contributed by atoms with E-state index in [2.05, 4.69) is 41.3 Å². The Balaban J connectivity index is 2.38. The van der Waals surface area contributed by atoms with Crippen molar-refractivity contribution < 1.29 is 9.47 Å². The predicted octanol–water partition coefficient (Wildman–Crippen LogP) is 3.14. The second-order valence-corrected chi connectivity index (χ2v) is 6.49. The van der Waals surface area contributed by atoms with Gasteiger partial charge in [-0.2, -0.15) is 0 Å². The SMILES string of the molecule is CCNC(=NCC(C)Oc1cccc(OC)c1)NCCCCN(CC)CC. The van der Waals surface area contributed by atoms with E-state index in [0.29, 0.717) is 6.54 Å². The Hall–Kier alpha value is -1.95. The second kappa shape index (κ2) is 14.2. The quantitative estimate of drug-likeness (QED) is 0.314. The van der Waals surface area contributed by atoms with Gasteiger partial charge in [0, 0.05) is 19.2 Å². The van der Waals surface area contributed by atoms with Crippen LogP contribution in [-0.4, -0.2) is 63.3 Å². The van der Waals surface area contributed by atoms with Gasteiger partial charge in [0.1, 0.15) is 17.6 Å². The zero-order valence-corrected chi connectivity index (χ0v) is 17.8. The van der Waals surface area contributed by atoms with Gasteiger partial charge in [0.2, 0.25) is 0 Å². The number of nitrogens with zero attached hydrogens (tertiary/aromatic N) is 2. The van der Waals surface area contributed by atoms with Crippen molar-refractivity contribution in [3.05, 3.63) is 24.3 Å². The molecule has 154 valence electrons. The highest BCUT2D eigenvalue weighted by Crippen LogP contribution is 2.19. The van der Waals surface area contributed by atoms with Crippen LogP contribution in [0.1, 0.15) is 40.5 Å². The van der Waals surface area contributed by atoms with Crippen LogP contribution in [0.5, 0.6) is 11.5 Å². The molecule has 1 aromatic carbocycles. The monoisotopic (exact) mass is 378 g/mol. The predicted molar refractivity (Wildman–Crippen MR) is 114 cm³/mol. The molecule has 1 atom stereocenters. The summed E-state index contributed by atoms with van der Waals surface area (Å²) in [4.78, 5) is 7.10. The smallest absolute Gasteiger partial charge is 0.191 e. The lowest BCUT2D eigenvalue weighted by atomic mass is 10.3. The van der Waals surface area contributed by atoms with E-state index < -0.39 is 0 Å². The zero-order valence-electron chi connectivity index (χ0n) is 17.8. The minimum absolute atomic E-state index is 0.0183. The number of benzene rings is 1. The largest absolute Gasteiger partial charge is 0.497 e. The number of methoxy groups -OCH3 is 1. The average molecular weight is 379 g/mol. The van der Waals surface area contributed by atoms with E-state index in [1.54, 1.807) is 7.11 Å². The van der Waals surface area contributed by atoms with E-state index >= 15 is 0 Å². The summed E-state index contributed by atoms with van der Waals surface area (Å²) < 4.78 is 11.2. The van der Waals surface area contributed by atoms with Gasteiger partial charge in [-0.05, 0) is 58.5 Å². The van der Waals surface area contributed by atoms with Crippen molar-refractivity contribution in [2.75, 3.05) is 46.4 Å². The molecule has 0 aliphatic rings. The van der Waals surface area contributed by atoms with Crippen LogP contribution in [-0.2, 0) is 0 Å². The fraction of sp³-hybridized carbons (Fsp3) is 0.667. The molecular weight excluding hydrogens is 340 g/mol. The second-order valence-electron chi connectivity index (χ2n) is 6.49. The maximum atomic E-state index is 5.93. The van der Waals surface area contributed by atoms with Crippen LogP contribution in [0.3, 0.4) is 0 Å². The van der Waals surface area contributed by atoms with Gasteiger partial charge in [0.25, 0.3) is 0 Å². The van der Waals surface area contributed by atoms with Crippen molar-refractivity contribution in [3.8, 4) is 11.5 Å². The number of nitrogens with one attached hydrogen (secondary N) is 2. The van der Waals surface area contributed by atoms with Crippen LogP contribution in [0.2, 0.25) is 0 Å². The molecule has 6 nitrogen and oxygen atoms in total. The Kier molecular flexibility index (Phi) is 12.1. The number of guanidine groups is 1. The number of hydrogen-bond donors (Lipinski definition) is 2. The highest BCUT2D eigenvalue weighted by Gasteiger charge is 2.06. The summed E-state index contributed by atoms with van der Waals surface area (Å²) in [6.45, 7) is 14.3. The summed E-state index contributed by atoms with van der Waals surface area (Å²) in [5.74, 6) is 2.44. The first kappa shape index (κ1) is 23.1. The Morgan fingerprint density at radius 3 is 2.52 bits per heavy atom. The lowest BCUT2D eigenvalue weighted by molar-refractivity contribution is 0.229. The lowest BCUT2D eigenvalue weighted by Crippen LogP contribution is -2.38. The summed E-state index contributed by atoms with van der Waals surface area (Å²) in [6.07, 6.45) is 2.32. The maximum absolute atomic E-state index is 5.93. The molecule has 0 fully saturated rings. The third kappa shape index (κ3) is 10.1. The summed E-state index contributed by atoms with van der Waals surface area (Å²) in [6, 6.07) is 7.65. The topological polar surface area (TPSA) is 58.1 Å². The van der Waals surface area contributed by atoms with Crippen LogP contribution in [0.15, 0.2) is 29.3 Å². The molecule has 0 spiro atoms. The Morgan fingerprint density at radius 1 is 1.11 bits per heavy atom. The van der Waals surface area contributed by atoms with E-state index in [-0.39, 0.29) is 6.10 Å². The van der Waals surface area contributed by atoms with Crippen molar-refractivity contribution in [1.82, 2.24) is 15.5 Å². The zero-order chi connectivity index (χ0) is 19.9. The van der Waals surface area contributed by atoms with E-state index in [4.69, 9.17) is 9.47 Å². The highest BCUT2D eigenvalue weighted by atomic mass is 16.5. The molecule has 2 N–H and O–H groups in total. The molecule has 0 amide bonds. The molecular formula is C21H38N4O2. The molecule has 1 rings (SSSR count). The fourth-order valence-electron chi connectivity index (χ4n) is 2.71. The van der Waals surface area contributed by atoms with Gasteiger partial charge in [-0.25, -0.2) is 4.99 Å². The number of ether oxygens (including phenoxy) is 2. The first-order valence-electron chi connectivity index (χ1n) is 10.2. The lowest BCUT2D eigenvalue weighted by Gasteiger charge is -2.18. The van der Waals surface area contributed by atoms with Gasteiger partial charge in [0.05, 0.1) is 13.7 Å². The molecule has 0 heterocycles. The summed E-state index contributed by atoms with van der Waals surface area (Å²) in [5.41, 5.74) is 0. The minimum atomic E-state index is -0.0183. The molecule has 1 aromatic rings. The maximum Gasteiger partial charge on any atom is 0.191 e. The van der Waals surface area contributed by atoms with Gasteiger partial charge in [0.15, 0.2) is 5.96 Å². The van der Waals surface area contributed by atoms with Gasteiger partial charge in [-0.15, -0.1) is 0 Å². The van der Waals surface area contributed by atoms with E-state index in [1.165, 1.54) is 6.42 Å². The summed E-state index contributed by atoms with van der Waals surface area (Å²) in [5, 5.41) is 6.71. The summed E-state index contributed by atoms with van der Waals surface area (Å²) >= 11 is 0. The fourth-order valence-corrected chi connectivity index (χ4v) is 2.71. The average Bonchev–Trinajstić information content (AvgIpc) is 2.69. The number of hydrogen-bond acceptors (Lipinski definition) is 4. The molecule has 0 aliphatic carbocycles. The van der Waals surface area contributed by atoms with E-state index in [1.807, 2.05) is 31.2 Å². The summed E-state index contributed by atoms with van der Waals surface area (Å²) in [7, 11) is 1.66. The Morgan fingerprint density at radius 2 is 1.85 bits per heavy atom. The molecule has 1 unspecified atom stereocenters. The number of rotatable bonds is 13. The van der Waals surface area contributed by atoms with E-state index in [0.717, 1.165) is 56.6 Å². The van der Waals surface area contributed by atoms with Crippen LogP contribution in [0.25, 0.3) is 0 Å². The molecule has 0 saturated heterocycles. The van der Waals surface area contributed by atoms with Crippen LogP contribution in [0, 0.1) is 0 Å². The van der Waals surface area contributed by atoms with Crippen molar-refractivity contribution in [2.45, 2.75) is 46.6 Å². The third-order valence-electron chi connectivity index (χ3n) is 4.32. The molecule has 0 saturated carbocycles. The molecule has 0 bridgehead atoms. The molecule has 0 radical (unpaired) electrons. The van der Waals surface area contributed by atoms with Crippen molar-refractivity contribution in [3.63, 3.8) is 0 Å². The molecule has 27 heavy (non-hydrogen) atoms. The van der Waals surface area contributed by atoms with Crippen molar-refractivity contribution >= 4 is 5.96 Å². The van der Waals surface area contributed by atoms with E-state index in [9.17, 15) is 0 Å². The number of unbranched alkanes of at least 4 members (excludes halogenated alkanes) is 1. The minimum Gasteiger partial charge on any atom is -0.497 e. The first-order chi connectivity index (χ1) is 13.1. The van der Waals surface area contributed by atoms with Gasteiger partial charge < -0.3 is 25.0 Å². The van der Waals surface area contributed by atoms with Crippen molar-refractivity contribution in [1.29, 1.82) is 0 Å². The van der Waals surface area contributed by atoms with Crippen LogP contribution < -0.4 is 20.1 Å². The molecule has 6 heteroatoms. The Bertz CT molecular complexity index is 533. The van der Waals surface area contributed by atoms with Gasteiger partial charge in [-0.3, -0.25) is 0 Å². The first-order valence-corrected chi connectivity index (χ1v) is 10.2. The van der Waals surface area contributed by atoms with Crippen LogP contribution in [0.4, 0.5) is 0 Å². The third-order valence-corrected chi connectivity index (χ3v) is 4.32. The number of aliphatic imine (C=N–C) groups is 1. The van der Waals surface area contributed by atoms with Gasteiger partial charge in [-0.1, -0.05) is 19.9 Å². The normalized spacial score (nSPS) is 12.7. The Labute approximate surface area is 165 Å². The highest BCUT2D eigenvalue weighted by molar-refractivity contribution is 5.79. The standard InChI is InChI=1S/C21H38N4O2/c1-6-22-21(23-14-9-10-15-25(7-2)8-3)24-17-18(4)27-20-13-11-12-19(16-20)26-5/h11-13,16,18H,6-10,14-15,17H2,1-5H3,(H2,22,23,24). The molecule has 0 aliphatic heterocycles.